The second kappa shape index (κ2) is 2.57. The number of carboxylic acids is 1. The summed E-state index contributed by atoms with van der Waals surface area (Å²) in [5, 5.41) is 21.8. The lowest BCUT2D eigenvalue weighted by atomic mass is 10.6. The van der Waals surface area contributed by atoms with Crippen molar-refractivity contribution in [2.75, 3.05) is 0 Å². The first-order valence-corrected chi connectivity index (χ1v) is 2.81. The molecule has 8 heteroatoms. The van der Waals surface area contributed by atoms with E-state index in [9.17, 15) is 14.9 Å². The zero-order valence-electron chi connectivity index (χ0n) is 5.96. The third-order valence-corrected chi connectivity index (χ3v) is 1.09. The van der Waals surface area contributed by atoms with Crippen LogP contribution in [0.15, 0.2) is 0 Å². The molecule has 0 saturated heterocycles. The van der Waals surface area contributed by atoms with Gasteiger partial charge in [0.2, 0.25) is 0 Å². The fourth-order valence-corrected chi connectivity index (χ4v) is 0.626. The molecule has 0 aliphatic rings. The van der Waals surface area contributed by atoms with Gasteiger partial charge in [0.25, 0.3) is 0 Å². The van der Waals surface area contributed by atoms with Gasteiger partial charge < -0.3 is 15.2 Å². The first-order chi connectivity index (χ1) is 5.52. The first-order valence-electron chi connectivity index (χ1n) is 2.81. The number of nitro groups is 1. The molecule has 0 amide bonds. The van der Waals surface area contributed by atoms with Crippen LogP contribution in [0.5, 0.6) is 0 Å². The molecule has 0 aliphatic heterocycles. The molecule has 1 aromatic heterocycles. The summed E-state index contributed by atoms with van der Waals surface area (Å²) in [6.07, 6.45) is 0. The highest BCUT2D eigenvalue weighted by Gasteiger charge is 2.23. The molecule has 0 unspecified atom stereocenters. The predicted octanol–water partition coefficient (Wildman–Crippen LogP) is -0.578. The minimum absolute atomic E-state index is 0.579. The van der Waals surface area contributed by atoms with E-state index in [4.69, 9.17) is 5.11 Å². The average molecular weight is 172 g/mol. The SMILES string of the molecule is Cn1nc(C(=O)O)nc1[N+](=O)[O-]. The average Bonchev–Trinajstić information content (AvgIpc) is 2.30. The highest BCUT2D eigenvalue weighted by molar-refractivity contribution is 5.83. The number of aromatic carboxylic acids is 1. The minimum atomic E-state index is -1.39. The first kappa shape index (κ1) is 8.11. The Morgan fingerprint density at radius 1 is 1.75 bits per heavy atom. The van der Waals surface area contributed by atoms with E-state index in [1.54, 1.807) is 0 Å². The number of carbonyl (C=O) groups is 1. The summed E-state index contributed by atoms with van der Waals surface area (Å²) >= 11 is 0. The summed E-state index contributed by atoms with van der Waals surface area (Å²) in [5.41, 5.74) is 0. The Balaban J connectivity index is 3.17. The lowest BCUT2D eigenvalue weighted by Gasteiger charge is -1.88. The molecule has 1 aromatic rings. The number of aromatic nitrogens is 3. The van der Waals surface area contributed by atoms with Crippen molar-refractivity contribution in [3.8, 4) is 0 Å². The van der Waals surface area contributed by atoms with Gasteiger partial charge in [0, 0.05) is 0 Å². The molecule has 0 saturated carbocycles. The van der Waals surface area contributed by atoms with Gasteiger partial charge in [0.15, 0.2) is 0 Å². The fourth-order valence-electron chi connectivity index (χ4n) is 0.626. The predicted molar refractivity (Wildman–Crippen MR) is 34.6 cm³/mol. The molecule has 0 aliphatic carbocycles. The maximum Gasteiger partial charge on any atom is 0.456 e. The van der Waals surface area contributed by atoms with Crippen molar-refractivity contribution in [3.63, 3.8) is 0 Å². The molecular formula is C4H4N4O4. The van der Waals surface area contributed by atoms with Gasteiger partial charge in [-0.05, 0) is 9.91 Å². The highest BCUT2D eigenvalue weighted by Crippen LogP contribution is 2.04. The van der Waals surface area contributed by atoms with Crippen molar-refractivity contribution in [2.45, 2.75) is 0 Å². The van der Waals surface area contributed by atoms with Crippen LogP contribution in [-0.2, 0) is 7.05 Å². The number of rotatable bonds is 2. The third kappa shape index (κ3) is 1.21. The smallest absolute Gasteiger partial charge is 0.456 e. The number of carboxylic acid groups (broad SMARTS) is 1. The van der Waals surface area contributed by atoms with Gasteiger partial charge in [-0.15, -0.1) is 4.68 Å². The van der Waals surface area contributed by atoms with E-state index in [0.717, 1.165) is 4.68 Å². The Morgan fingerprint density at radius 2 is 2.33 bits per heavy atom. The number of hydrogen-bond acceptors (Lipinski definition) is 5. The van der Waals surface area contributed by atoms with Crippen LogP contribution in [0.4, 0.5) is 5.95 Å². The van der Waals surface area contributed by atoms with Crippen LogP contribution in [0, 0.1) is 10.1 Å². The van der Waals surface area contributed by atoms with Crippen LogP contribution in [0.3, 0.4) is 0 Å². The van der Waals surface area contributed by atoms with E-state index in [1.807, 2.05) is 0 Å². The third-order valence-electron chi connectivity index (χ3n) is 1.09. The molecule has 0 bridgehead atoms. The van der Waals surface area contributed by atoms with Gasteiger partial charge in [-0.2, -0.15) is 0 Å². The second-order valence-electron chi connectivity index (χ2n) is 1.92. The summed E-state index contributed by atoms with van der Waals surface area (Å²) in [7, 11) is 1.25. The van der Waals surface area contributed by atoms with Gasteiger partial charge in [-0.25, -0.2) is 4.79 Å². The molecule has 0 fully saturated rings. The van der Waals surface area contributed by atoms with Crippen LogP contribution in [0.2, 0.25) is 0 Å². The molecular weight excluding hydrogens is 168 g/mol. The molecule has 12 heavy (non-hydrogen) atoms. The molecule has 1 N–H and O–H groups in total. The summed E-state index contributed by atoms with van der Waals surface area (Å²) in [6, 6.07) is 0. The standard InChI is InChI=1S/C4H4N4O4/c1-7-4(8(11)12)5-2(6-7)3(9)10/h1H3,(H,9,10). The Labute approximate surface area is 65.6 Å². The van der Waals surface area contributed by atoms with Crippen molar-refractivity contribution < 1.29 is 14.8 Å². The summed E-state index contributed by atoms with van der Waals surface area (Å²) in [5.74, 6) is -2.56. The van der Waals surface area contributed by atoms with E-state index < -0.39 is 22.7 Å². The van der Waals surface area contributed by atoms with E-state index in [2.05, 4.69) is 10.1 Å². The van der Waals surface area contributed by atoms with Crippen molar-refractivity contribution >= 4 is 11.9 Å². The zero-order valence-corrected chi connectivity index (χ0v) is 5.96. The minimum Gasteiger partial charge on any atom is -0.474 e. The number of nitrogens with zero attached hydrogens (tertiary/aromatic N) is 4. The molecule has 1 rings (SSSR count). The van der Waals surface area contributed by atoms with Crippen LogP contribution < -0.4 is 0 Å². The fraction of sp³-hybridized carbons (Fsp3) is 0.250. The van der Waals surface area contributed by atoms with Crippen molar-refractivity contribution in [1.29, 1.82) is 0 Å². The van der Waals surface area contributed by atoms with Gasteiger partial charge in [0.1, 0.15) is 0 Å². The molecule has 64 valence electrons. The van der Waals surface area contributed by atoms with Gasteiger partial charge >= 0.3 is 17.7 Å². The molecule has 0 atom stereocenters. The quantitative estimate of drug-likeness (QED) is 0.471. The highest BCUT2D eigenvalue weighted by atomic mass is 16.6. The number of hydrogen-bond donors (Lipinski definition) is 1. The monoisotopic (exact) mass is 172 g/mol. The van der Waals surface area contributed by atoms with Crippen molar-refractivity contribution in [1.82, 2.24) is 14.8 Å². The lowest BCUT2D eigenvalue weighted by molar-refractivity contribution is -0.396. The van der Waals surface area contributed by atoms with Crippen LogP contribution in [0.1, 0.15) is 10.6 Å². The molecule has 1 heterocycles. The Kier molecular flexibility index (Phi) is 1.73. The Hall–Kier alpha value is -1.99. The topological polar surface area (TPSA) is 111 Å². The maximum atomic E-state index is 10.2. The Bertz CT molecular complexity index is 343. The second-order valence-corrected chi connectivity index (χ2v) is 1.92. The maximum absolute atomic E-state index is 10.2. The normalized spacial score (nSPS) is 9.75. The summed E-state index contributed by atoms with van der Waals surface area (Å²) < 4.78 is 0.795. The van der Waals surface area contributed by atoms with Crippen LogP contribution in [-0.4, -0.2) is 30.8 Å². The van der Waals surface area contributed by atoms with Gasteiger partial charge in [0.05, 0.1) is 7.05 Å². The van der Waals surface area contributed by atoms with Crippen LogP contribution >= 0.6 is 0 Å². The summed E-state index contributed by atoms with van der Waals surface area (Å²) in [6.45, 7) is 0. The Morgan fingerprint density at radius 3 is 2.58 bits per heavy atom. The van der Waals surface area contributed by atoms with Crippen molar-refractivity contribution in [3.05, 3.63) is 15.9 Å². The van der Waals surface area contributed by atoms with Crippen LogP contribution in [0.25, 0.3) is 0 Å². The van der Waals surface area contributed by atoms with E-state index >= 15 is 0 Å². The number of aryl methyl sites for hydroxylation is 1. The molecule has 0 aromatic carbocycles. The van der Waals surface area contributed by atoms with E-state index in [0.29, 0.717) is 0 Å². The van der Waals surface area contributed by atoms with Gasteiger partial charge in [-0.1, -0.05) is 5.10 Å². The molecule has 0 radical (unpaired) electrons. The largest absolute Gasteiger partial charge is 0.474 e. The van der Waals surface area contributed by atoms with E-state index in [-0.39, 0.29) is 0 Å². The summed E-state index contributed by atoms with van der Waals surface area (Å²) in [4.78, 5) is 22.7. The molecule has 0 spiro atoms. The zero-order chi connectivity index (χ0) is 9.30. The van der Waals surface area contributed by atoms with Gasteiger partial charge in [-0.3, -0.25) is 0 Å². The van der Waals surface area contributed by atoms with E-state index in [1.165, 1.54) is 7.05 Å². The molecule has 8 nitrogen and oxygen atoms in total. The lowest BCUT2D eigenvalue weighted by Crippen LogP contribution is -2.00. The van der Waals surface area contributed by atoms with Crippen molar-refractivity contribution in [2.24, 2.45) is 7.05 Å².